The largest absolute Gasteiger partial charge is 0.341 e. The third-order valence-corrected chi connectivity index (χ3v) is 3.73. The number of carbonyl (C=O) groups excluding carboxylic acids is 2. The average Bonchev–Trinajstić information content (AvgIpc) is 2.62. The third-order valence-electron chi connectivity index (χ3n) is 3.73. The molecule has 0 unspecified atom stereocenters. The lowest BCUT2D eigenvalue weighted by Crippen LogP contribution is -2.24. The van der Waals surface area contributed by atoms with Crippen molar-refractivity contribution >= 4 is 23.3 Å². The van der Waals surface area contributed by atoms with Crippen LogP contribution < -0.4 is 16.0 Å². The Morgan fingerprint density at radius 2 is 1.38 bits per heavy atom. The van der Waals surface area contributed by atoms with Crippen molar-refractivity contribution in [2.45, 2.75) is 26.2 Å². The Balaban J connectivity index is 1.82. The van der Waals surface area contributed by atoms with Crippen LogP contribution in [0.25, 0.3) is 0 Å². The van der Waals surface area contributed by atoms with Gasteiger partial charge in [0.05, 0.1) is 0 Å². The van der Waals surface area contributed by atoms with E-state index in [4.69, 9.17) is 0 Å². The molecule has 5 nitrogen and oxygen atoms in total. The highest BCUT2D eigenvalue weighted by Crippen LogP contribution is 2.14. The van der Waals surface area contributed by atoms with Crippen molar-refractivity contribution in [3.8, 4) is 0 Å². The Hall–Kier alpha value is -2.82. The molecule has 0 radical (unpaired) electrons. The maximum absolute atomic E-state index is 12.0. The fourth-order valence-electron chi connectivity index (χ4n) is 2.25. The zero-order valence-electron chi connectivity index (χ0n) is 14.1. The molecule has 0 aromatic heterocycles. The van der Waals surface area contributed by atoms with Gasteiger partial charge in [0, 0.05) is 24.8 Å². The van der Waals surface area contributed by atoms with Crippen LogP contribution in [-0.2, 0) is 17.6 Å². The van der Waals surface area contributed by atoms with E-state index in [9.17, 15) is 9.59 Å². The molecule has 0 atom stereocenters. The van der Waals surface area contributed by atoms with Crippen LogP contribution in [-0.4, -0.2) is 19.0 Å². The molecule has 3 amide bonds. The number of amides is 3. The summed E-state index contributed by atoms with van der Waals surface area (Å²) in [5.74, 6) is -0.0263. The number of hydrogen-bond donors (Lipinski definition) is 3. The normalized spacial score (nSPS) is 10.1. The predicted octanol–water partition coefficient (Wildman–Crippen LogP) is 3.57. The quantitative estimate of drug-likeness (QED) is 0.760. The monoisotopic (exact) mass is 325 g/mol. The molecule has 0 saturated heterocycles. The molecule has 2 rings (SSSR count). The summed E-state index contributed by atoms with van der Waals surface area (Å²) < 4.78 is 0. The number of aryl methyl sites for hydroxylation is 2. The van der Waals surface area contributed by atoms with Gasteiger partial charge in [-0.15, -0.1) is 0 Å². The molecule has 5 heteroatoms. The second kappa shape index (κ2) is 8.72. The zero-order chi connectivity index (χ0) is 17.4. The van der Waals surface area contributed by atoms with E-state index in [0.717, 1.165) is 12.0 Å². The summed E-state index contributed by atoms with van der Waals surface area (Å²) in [4.78, 5) is 23.2. The van der Waals surface area contributed by atoms with E-state index in [1.165, 1.54) is 5.56 Å². The van der Waals surface area contributed by atoms with Crippen LogP contribution in [0.3, 0.4) is 0 Å². The first kappa shape index (κ1) is 17.5. The topological polar surface area (TPSA) is 70.2 Å². The summed E-state index contributed by atoms with van der Waals surface area (Å²) >= 11 is 0. The summed E-state index contributed by atoms with van der Waals surface area (Å²) in [6.07, 6.45) is 2.17. The van der Waals surface area contributed by atoms with Crippen molar-refractivity contribution in [2.24, 2.45) is 0 Å². The van der Waals surface area contributed by atoms with Gasteiger partial charge in [-0.2, -0.15) is 0 Å². The predicted molar refractivity (Wildman–Crippen MR) is 97.3 cm³/mol. The molecule has 2 aromatic rings. The van der Waals surface area contributed by atoms with E-state index in [-0.39, 0.29) is 11.9 Å². The third kappa shape index (κ3) is 5.43. The lowest BCUT2D eigenvalue weighted by molar-refractivity contribution is -0.116. The summed E-state index contributed by atoms with van der Waals surface area (Å²) in [5, 5.41) is 8.01. The summed E-state index contributed by atoms with van der Waals surface area (Å²) in [7, 11) is 1.56. The van der Waals surface area contributed by atoms with Gasteiger partial charge in [-0.25, -0.2) is 4.79 Å². The maximum Gasteiger partial charge on any atom is 0.318 e. The zero-order valence-corrected chi connectivity index (χ0v) is 14.1. The Bertz CT molecular complexity index is 679. The Labute approximate surface area is 142 Å². The molecule has 24 heavy (non-hydrogen) atoms. The van der Waals surface area contributed by atoms with Gasteiger partial charge in [-0.1, -0.05) is 31.2 Å². The Morgan fingerprint density at radius 1 is 0.833 bits per heavy atom. The first-order chi connectivity index (χ1) is 11.6. The summed E-state index contributed by atoms with van der Waals surface area (Å²) in [5.41, 5.74) is 3.84. The van der Waals surface area contributed by atoms with Gasteiger partial charge in [-0.3, -0.25) is 4.79 Å². The number of hydrogen-bond acceptors (Lipinski definition) is 2. The van der Waals surface area contributed by atoms with Gasteiger partial charge in [0.2, 0.25) is 5.91 Å². The lowest BCUT2D eigenvalue weighted by atomic mass is 10.1. The summed E-state index contributed by atoms with van der Waals surface area (Å²) in [6, 6.07) is 15.1. The lowest BCUT2D eigenvalue weighted by Gasteiger charge is -2.08. The molecule has 2 aromatic carbocycles. The molecule has 0 saturated carbocycles. The molecule has 0 aliphatic heterocycles. The van der Waals surface area contributed by atoms with Crippen LogP contribution in [0.15, 0.2) is 48.5 Å². The van der Waals surface area contributed by atoms with Crippen molar-refractivity contribution in [2.75, 3.05) is 17.7 Å². The molecule has 0 spiro atoms. The van der Waals surface area contributed by atoms with Crippen molar-refractivity contribution in [1.29, 1.82) is 0 Å². The first-order valence-electron chi connectivity index (χ1n) is 8.07. The van der Waals surface area contributed by atoms with E-state index in [1.807, 2.05) is 0 Å². The number of nitrogens with one attached hydrogen (secondary N) is 3. The van der Waals surface area contributed by atoms with Crippen molar-refractivity contribution in [3.63, 3.8) is 0 Å². The number of carbonyl (C=O) groups is 2. The number of urea groups is 1. The van der Waals surface area contributed by atoms with Crippen LogP contribution in [0.2, 0.25) is 0 Å². The molecule has 126 valence electrons. The van der Waals surface area contributed by atoms with Gasteiger partial charge in [-0.05, 0) is 48.2 Å². The minimum atomic E-state index is -0.277. The Morgan fingerprint density at radius 3 is 1.92 bits per heavy atom. The second-order valence-electron chi connectivity index (χ2n) is 5.50. The van der Waals surface area contributed by atoms with Gasteiger partial charge in [0.25, 0.3) is 0 Å². The van der Waals surface area contributed by atoms with Gasteiger partial charge < -0.3 is 16.0 Å². The van der Waals surface area contributed by atoms with Crippen molar-refractivity contribution in [3.05, 3.63) is 59.7 Å². The number of anilines is 2. The van der Waals surface area contributed by atoms with Crippen molar-refractivity contribution < 1.29 is 9.59 Å². The van der Waals surface area contributed by atoms with Crippen LogP contribution in [0.5, 0.6) is 0 Å². The van der Waals surface area contributed by atoms with E-state index in [1.54, 1.807) is 31.3 Å². The van der Waals surface area contributed by atoms with Crippen LogP contribution >= 0.6 is 0 Å². The molecular formula is C19H23N3O2. The molecule has 0 aliphatic carbocycles. The molecule has 3 N–H and O–H groups in total. The highest BCUT2D eigenvalue weighted by molar-refractivity contribution is 5.92. The van der Waals surface area contributed by atoms with Crippen molar-refractivity contribution in [1.82, 2.24) is 5.32 Å². The van der Waals surface area contributed by atoms with Gasteiger partial charge >= 0.3 is 6.03 Å². The first-order valence-corrected chi connectivity index (χ1v) is 8.07. The molecule has 0 bridgehead atoms. The minimum absolute atomic E-state index is 0.0263. The molecule has 0 heterocycles. The van der Waals surface area contributed by atoms with E-state index < -0.39 is 0 Å². The van der Waals surface area contributed by atoms with Crippen LogP contribution in [0.1, 0.15) is 24.5 Å². The Kier molecular flexibility index (Phi) is 6.37. The van der Waals surface area contributed by atoms with Gasteiger partial charge in [0.15, 0.2) is 0 Å². The maximum atomic E-state index is 12.0. The van der Waals surface area contributed by atoms with Gasteiger partial charge in [0.1, 0.15) is 0 Å². The van der Waals surface area contributed by atoms with E-state index >= 15 is 0 Å². The van der Waals surface area contributed by atoms with E-state index in [0.29, 0.717) is 24.2 Å². The smallest absolute Gasteiger partial charge is 0.318 e. The van der Waals surface area contributed by atoms with Crippen LogP contribution in [0, 0.1) is 0 Å². The molecule has 0 aliphatic rings. The highest BCUT2D eigenvalue weighted by Gasteiger charge is 2.04. The van der Waals surface area contributed by atoms with Crippen LogP contribution in [0.4, 0.5) is 16.2 Å². The standard InChI is InChI=1S/C19H23N3O2/c1-3-14-4-6-15(7-5-14)8-13-18(23)21-16-9-11-17(12-10-16)22-19(24)20-2/h4-7,9-12H,3,8,13H2,1-2H3,(H,21,23)(H2,20,22,24). The fraction of sp³-hybridized carbons (Fsp3) is 0.263. The summed E-state index contributed by atoms with van der Waals surface area (Å²) in [6.45, 7) is 2.12. The minimum Gasteiger partial charge on any atom is -0.341 e. The fourth-order valence-corrected chi connectivity index (χ4v) is 2.25. The number of benzene rings is 2. The second-order valence-corrected chi connectivity index (χ2v) is 5.50. The number of rotatable bonds is 6. The molecule has 0 fully saturated rings. The SMILES string of the molecule is CCc1ccc(CCC(=O)Nc2ccc(NC(=O)NC)cc2)cc1. The highest BCUT2D eigenvalue weighted by atomic mass is 16.2. The average molecular weight is 325 g/mol. The molecular weight excluding hydrogens is 302 g/mol. The van der Waals surface area contributed by atoms with E-state index in [2.05, 4.69) is 47.1 Å².